The Morgan fingerprint density at radius 3 is 2.45 bits per heavy atom. The van der Waals surface area contributed by atoms with Crippen molar-refractivity contribution in [3.63, 3.8) is 0 Å². The molecule has 0 radical (unpaired) electrons. The smallest absolute Gasteiger partial charge is 0.408 e. The minimum atomic E-state index is -3.20. The fraction of sp³-hybridized carbons (Fsp3) is 0.659. The summed E-state index contributed by atoms with van der Waals surface area (Å²) >= 11 is 1.42. The van der Waals surface area contributed by atoms with Gasteiger partial charge >= 0.3 is 12.1 Å². The molecule has 3 aliphatic rings. The number of rotatable bonds is 8. The Morgan fingerprint density at radius 2 is 1.77 bits per heavy atom. The summed E-state index contributed by atoms with van der Waals surface area (Å²) in [5, 5.41) is 16.5. The molecule has 2 amide bonds. The van der Waals surface area contributed by atoms with Gasteiger partial charge in [-0.05, 0) is 69.2 Å². The number of hydrogen-bond acceptors (Lipinski definition) is 12. The van der Waals surface area contributed by atoms with Crippen LogP contribution in [0.5, 0.6) is 0 Å². The molecule has 0 spiro atoms. The number of ether oxygens (including phenoxy) is 4. The zero-order valence-corrected chi connectivity index (χ0v) is 34.4. The Morgan fingerprint density at radius 1 is 1.05 bits per heavy atom. The molecule has 2 aromatic heterocycles. The second kappa shape index (κ2) is 17.0. The number of thiophene rings is 1. The van der Waals surface area contributed by atoms with Crippen LogP contribution in [-0.4, -0.2) is 94.2 Å². The number of aromatic nitrogens is 1. The molecule has 5 heterocycles. The van der Waals surface area contributed by atoms with Crippen LogP contribution in [0.4, 0.5) is 9.18 Å². The second-order valence-corrected chi connectivity index (χ2v) is 18.1. The van der Waals surface area contributed by atoms with Crippen LogP contribution < -0.4 is 10.6 Å². The van der Waals surface area contributed by atoms with Crippen molar-refractivity contribution in [3.05, 3.63) is 41.4 Å². The number of pyridine rings is 1. The molecule has 0 aliphatic carbocycles. The molecule has 3 N–H and O–H groups in total. The summed E-state index contributed by atoms with van der Waals surface area (Å²) in [6.07, 6.45) is -3.50. The van der Waals surface area contributed by atoms with Gasteiger partial charge in [-0.2, -0.15) is 0 Å². The molecule has 56 heavy (non-hydrogen) atoms. The van der Waals surface area contributed by atoms with E-state index in [1.807, 2.05) is 44.2 Å². The number of nitrogens with zero attached hydrogens (tertiary/aromatic N) is 1. The minimum absolute atomic E-state index is 0.0527. The zero-order valence-electron chi connectivity index (χ0n) is 33.6. The van der Waals surface area contributed by atoms with E-state index in [2.05, 4.69) is 15.6 Å². The molecule has 5 rings (SSSR count). The average molecular weight is 802 g/mol. The Kier molecular flexibility index (Phi) is 13.1. The van der Waals surface area contributed by atoms with Crippen molar-refractivity contribution in [2.24, 2.45) is 29.1 Å². The lowest BCUT2D eigenvalue weighted by Crippen LogP contribution is -2.59. The molecule has 3 fully saturated rings. The van der Waals surface area contributed by atoms with Gasteiger partial charge < -0.3 is 34.7 Å². The van der Waals surface area contributed by atoms with Crippen LogP contribution in [0.1, 0.15) is 86.5 Å². The molecular weight excluding hydrogens is 746 g/mol. The predicted octanol–water partition coefficient (Wildman–Crippen LogP) is 5.36. The summed E-state index contributed by atoms with van der Waals surface area (Å²) in [6.45, 7) is 14.3. The topological polar surface area (TPSA) is 179 Å². The van der Waals surface area contributed by atoms with E-state index in [-0.39, 0.29) is 49.5 Å². The van der Waals surface area contributed by atoms with Gasteiger partial charge in [0.2, 0.25) is 5.91 Å². The Hall–Kier alpha value is -3.79. The second-order valence-electron chi connectivity index (χ2n) is 16.9. The highest BCUT2D eigenvalue weighted by Gasteiger charge is 2.59. The van der Waals surface area contributed by atoms with Gasteiger partial charge in [0, 0.05) is 41.8 Å². The van der Waals surface area contributed by atoms with Gasteiger partial charge in [0.25, 0.3) is 5.67 Å². The lowest BCUT2D eigenvalue weighted by Gasteiger charge is -2.45. The number of alkyl halides is 1. The number of nitrogens with one attached hydrogen (secondary N) is 2. The Labute approximate surface area is 331 Å². The third kappa shape index (κ3) is 9.16. The lowest BCUT2D eigenvalue weighted by atomic mass is 9.69. The molecule has 2 aromatic rings. The number of alkyl carbamates (subject to hydrolysis) is 1. The number of aliphatic hydroxyl groups excluding tert-OH is 1. The average Bonchev–Trinajstić information content (AvgIpc) is 3.73. The number of carbonyl (C=O) groups is 5. The van der Waals surface area contributed by atoms with Crippen molar-refractivity contribution >= 4 is 40.9 Å². The molecule has 0 saturated carbocycles. The van der Waals surface area contributed by atoms with Gasteiger partial charge in [-0.1, -0.05) is 47.6 Å². The van der Waals surface area contributed by atoms with E-state index < -0.39 is 82.9 Å². The Balaban J connectivity index is 1.42. The van der Waals surface area contributed by atoms with E-state index >= 15 is 4.39 Å². The van der Waals surface area contributed by atoms with Crippen molar-refractivity contribution < 1.29 is 52.4 Å². The number of amides is 2. The van der Waals surface area contributed by atoms with Crippen LogP contribution in [0.15, 0.2) is 36.5 Å². The summed E-state index contributed by atoms with van der Waals surface area (Å²) in [7, 11) is 0. The third-order valence-electron chi connectivity index (χ3n) is 11.7. The first kappa shape index (κ1) is 43.3. The highest BCUT2D eigenvalue weighted by Crippen LogP contribution is 2.43. The SMILES string of the molecule is CC1CC(C)C(O)C(O[C@@H]2[C@@H](C)C(=O)[C@](C)(F)C(=O)O[C@H](CCNC(=O)Cc3ccc(-c4ccccn4)s3)[C@@]3(C)OC(=O)N[C@@H]3[C@@H](C)C(=O)[C@H](C)CC2(C)C)O1. The van der Waals surface area contributed by atoms with Gasteiger partial charge in [-0.15, -0.1) is 11.3 Å². The number of fused-ring (bicyclic) bond motifs is 1. The number of halogens is 1. The first-order valence-electron chi connectivity index (χ1n) is 19.4. The lowest BCUT2D eigenvalue weighted by molar-refractivity contribution is -0.284. The maximum absolute atomic E-state index is 16.8. The number of esters is 1. The van der Waals surface area contributed by atoms with Crippen LogP contribution in [0, 0.1) is 29.1 Å². The Bertz CT molecular complexity index is 1770. The van der Waals surface area contributed by atoms with Gasteiger partial charge in [0.1, 0.15) is 18.0 Å². The standard InChI is InChI=1S/C41H56FN3O10S/c1-21-18-23(3)52-36(32(21)48)54-35-25(5)34(49)40(8,42)37(50)53-29(15-17-44-30(46)19-26-13-14-28(56-26)27-12-10-11-16-43-27)41(9)33(45-38(51)55-41)24(4)31(47)22(2)20-39(35,6)7/h10-14,16,21-25,29,32-33,35-36,48H,15,17-20H2,1-9H3,(H,44,46)(H,45,51)/t21?,22-,23?,24+,25+,29-,32?,33-,35-,36?,40+,41-/m1/s1. The number of cyclic esters (lactones) is 1. The van der Waals surface area contributed by atoms with Crippen molar-refractivity contribution in [1.82, 2.24) is 15.6 Å². The quantitative estimate of drug-likeness (QED) is 0.231. The van der Waals surface area contributed by atoms with E-state index in [0.29, 0.717) is 6.42 Å². The largest absolute Gasteiger partial charge is 0.455 e. The molecule has 13 nitrogen and oxygen atoms in total. The molecule has 308 valence electrons. The van der Waals surface area contributed by atoms with E-state index in [4.69, 9.17) is 18.9 Å². The molecule has 12 atom stereocenters. The summed E-state index contributed by atoms with van der Waals surface area (Å²) in [6, 6.07) is 8.26. The minimum Gasteiger partial charge on any atom is -0.455 e. The van der Waals surface area contributed by atoms with Crippen LogP contribution in [0.2, 0.25) is 0 Å². The van der Waals surface area contributed by atoms with Gasteiger partial charge in [0.15, 0.2) is 17.7 Å². The zero-order chi connectivity index (χ0) is 41.3. The summed E-state index contributed by atoms with van der Waals surface area (Å²) in [5.41, 5.74) is -5.11. The summed E-state index contributed by atoms with van der Waals surface area (Å²) in [4.78, 5) is 74.3. The van der Waals surface area contributed by atoms with E-state index in [9.17, 15) is 29.1 Å². The number of Topliss-reactive ketones (excluding diaryl/α,β-unsaturated/α-hetero) is 2. The van der Waals surface area contributed by atoms with Crippen LogP contribution in [0.3, 0.4) is 0 Å². The fourth-order valence-corrected chi connectivity index (χ4v) is 9.64. The molecule has 0 aromatic carbocycles. The monoisotopic (exact) mass is 801 g/mol. The molecule has 0 bridgehead atoms. The maximum Gasteiger partial charge on any atom is 0.408 e. The third-order valence-corrected chi connectivity index (χ3v) is 12.8. The van der Waals surface area contributed by atoms with Crippen LogP contribution in [0.25, 0.3) is 10.6 Å². The summed E-state index contributed by atoms with van der Waals surface area (Å²) in [5.74, 6) is -6.22. The highest BCUT2D eigenvalue weighted by atomic mass is 32.1. The van der Waals surface area contributed by atoms with Gasteiger partial charge in [0.05, 0.1) is 35.2 Å². The van der Waals surface area contributed by atoms with E-state index in [1.54, 1.807) is 33.9 Å². The van der Waals surface area contributed by atoms with Gasteiger partial charge in [-0.3, -0.25) is 19.4 Å². The summed E-state index contributed by atoms with van der Waals surface area (Å²) < 4.78 is 40.8. The number of ketones is 2. The first-order chi connectivity index (χ1) is 26.1. The fourth-order valence-electron chi connectivity index (χ4n) is 8.65. The van der Waals surface area contributed by atoms with E-state index in [0.717, 1.165) is 22.4 Å². The van der Waals surface area contributed by atoms with Crippen LogP contribution >= 0.6 is 11.3 Å². The molecule has 4 unspecified atom stereocenters. The van der Waals surface area contributed by atoms with Crippen molar-refractivity contribution in [1.29, 1.82) is 0 Å². The van der Waals surface area contributed by atoms with Gasteiger partial charge in [-0.25, -0.2) is 14.0 Å². The maximum atomic E-state index is 16.8. The normalized spacial score (nSPS) is 36.8. The predicted molar refractivity (Wildman–Crippen MR) is 205 cm³/mol. The number of hydrogen-bond donors (Lipinski definition) is 3. The first-order valence-corrected chi connectivity index (χ1v) is 20.2. The molecular formula is C41H56FN3O10S. The number of aliphatic hydroxyl groups is 1. The van der Waals surface area contributed by atoms with Crippen molar-refractivity contribution in [2.75, 3.05) is 6.54 Å². The number of carbonyl (C=O) groups excluding carboxylic acids is 5. The van der Waals surface area contributed by atoms with Crippen molar-refractivity contribution in [3.8, 4) is 10.6 Å². The molecule has 3 aliphatic heterocycles. The van der Waals surface area contributed by atoms with E-state index in [1.165, 1.54) is 25.2 Å². The molecule has 3 saturated heterocycles. The highest BCUT2D eigenvalue weighted by molar-refractivity contribution is 7.15. The molecule has 15 heteroatoms. The van der Waals surface area contributed by atoms with Crippen LogP contribution in [-0.2, 0) is 44.5 Å². The van der Waals surface area contributed by atoms with Crippen molar-refractivity contribution in [2.45, 2.75) is 136 Å².